The number of hydrogen-bond acceptors (Lipinski definition) is 3. The van der Waals surface area contributed by atoms with E-state index < -0.39 is 6.10 Å². The molecular formula is C9H17NO2. The molecule has 0 spiro atoms. The molecule has 1 aliphatic rings. The molecule has 0 aromatic rings. The van der Waals surface area contributed by atoms with E-state index in [9.17, 15) is 9.90 Å². The Balaban J connectivity index is 2.45. The number of carbonyl (C=O) groups is 1. The van der Waals surface area contributed by atoms with Gasteiger partial charge >= 0.3 is 0 Å². The van der Waals surface area contributed by atoms with Gasteiger partial charge in [-0.3, -0.25) is 4.79 Å². The van der Waals surface area contributed by atoms with Crippen molar-refractivity contribution in [2.24, 2.45) is 11.7 Å². The van der Waals surface area contributed by atoms with Gasteiger partial charge in [0.25, 0.3) is 0 Å². The maximum atomic E-state index is 10.9. The minimum absolute atomic E-state index is 0.103. The van der Waals surface area contributed by atoms with Crippen LogP contribution in [-0.4, -0.2) is 23.0 Å². The zero-order valence-electron chi connectivity index (χ0n) is 7.49. The van der Waals surface area contributed by atoms with Gasteiger partial charge in [-0.25, -0.2) is 0 Å². The van der Waals surface area contributed by atoms with Crippen molar-refractivity contribution < 1.29 is 9.90 Å². The van der Waals surface area contributed by atoms with Gasteiger partial charge < -0.3 is 10.8 Å². The smallest absolute Gasteiger partial charge is 0.158 e. The molecule has 0 radical (unpaired) electrons. The maximum Gasteiger partial charge on any atom is 0.158 e. The molecule has 0 aromatic heterocycles. The molecule has 1 rings (SSSR count). The van der Waals surface area contributed by atoms with E-state index in [-0.39, 0.29) is 17.7 Å². The number of ketones is 1. The first-order valence-corrected chi connectivity index (χ1v) is 4.55. The molecule has 0 bridgehead atoms. The first-order valence-electron chi connectivity index (χ1n) is 4.55. The molecule has 0 aliphatic heterocycles. The van der Waals surface area contributed by atoms with Crippen LogP contribution in [0.3, 0.4) is 0 Å². The summed E-state index contributed by atoms with van der Waals surface area (Å²) in [5.41, 5.74) is 5.74. The maximum absolute atomic E-state index is 10.9. The van der Waals surface area contributed by atoms with Crippen LogP contribution in [0.25, 0.3) is 0 Å². The van der Waals surface area contributed by atoms with E-state index in [4.69, 9.17) is 5.73 Å². The van der Waals surface area contributed by atoms with Crippen LogP contribution in [0.5, 0.6) is 0 Å². The van der Waals surface area contributed by atoms with E-state index in [0.29, 0.717) is 0 Å². The number of carbonyl (C=O) groups excluding carboxylic acids is 1. The van der Waals surface area contributed by atoms with Crippen LogP contribution in [0, 0.1) is 5.92 Å². The molecule has 12 heavy (non-hydrogen) atoms. The highest BCUT2D eigenvalue weighted by Crippen LogP contribution is 2.26. The lowest BCUT2D eigenvalue weighted by Crippen LogP contribution is -2.36. The average Bonchev–Trinajstić information content (AvgIpc) is 2.03. The van der Waals surface area contributed by atoms with Crippen LogP contribution in [0.1, 0.15) is 32.6 Å². The van der Waals surface area contributed by atoms with E-state index >= 15 is 0 Å². The summed E-state index contributed by atoms with van der Waals surface area (Å²) in [6.07, 6.45) is 3.02. The Bertz CT molecular complexity index is 170. The van der Waals surface area contributed by atoms with Gasteiger partial charge in [0.05, 0.1) is 0 Å². The second-order valence-corrected chi connectivity index (χ2v) is 3.74. The van der Waals surface area contributed by atoms with Gasteiger partial charge in [-0.2, -0.15) is 0 Å². The summed E-state index contributed by atoms with van der Waals surface area (Å²) in [5.74, 6) is -0.0275. The molecule has 3 heteroatoms. The summed E-state index contributed by atoms with van der Waals surface area (Å²) in [7, 11) is 0. The van der Waals surface area contributed by atoms with Crippen molar-refractivity contribution >= 4 is 5.78 Å². The number of aliphatic hydroxyl groups excluding tert-OH is 1. The standard InChI is InChI=1S/C9H17NO2/c1-6(11)9(12)7-3-2-4-8(10)5-7/h7-9,12H,2-5,10H2,1H3/t7-,8-,9-/m0/s1. The van der Waals surface area contributed by atoms with Gasteiger partial charge in [0.1, 0.15) is 6.10 Å². The van der Waals surface area contributed by atoms with Crippen molar-refractivity contribution in [3.8, 4) is 0 Å². The first-order chi connectivity index (χ1) is 5.61. The van der Waals surface area contributed by atoms with Crippen LogP contribution < -0.4 is 5.73 Å². The van der Waals surface area contributed by atoms with Crippen LogP contribution in [0.15, 0.2) is 0 Å². The van der Waals surface area contributed by atoms with E-state index in [0.717, 1.165) is 25.7 Å². The van der Waals surface area contributed by atoms with Crippen molar-refractivity contribution in [2.75, 3.05) is 0 Å². The monoisotopic (exact) mass is 171 g/mol. The minimum Gasteiger partial charge on any atom is -0.385 e. The average molecular weight is 171 g/mol. The van der Waals surface area contributed by atoms with Gasteiger partial charge in [-0.15, -0.1) is 0 Å². The fraction of sp³-hybridized carbons (Fsp3) is 0.889. The molecule has 0 heterocycles. The molecule has 1 aliphatic carbocycles. The van der Waals surface area contributed by atoms with Gasteiger partial charge in [-0.05, 0) is 32.1 Å². The quantitative estimate of drug-likeness (QED) is 0.634. The Morgan fingerprint density at radius 2 is 2.25 bits per heavy atom. The molecule has 0 unspecified atom stereocenters. The third kappa shape index (κ3) is 2.29. The SMILES string of the molecule is CC(=O)[C@H](O)[C@H]1CCC[C@H](N)C1. The van der Waals surface area contributed by atoms with Gasteiger partial charge in [0, 0.05) is 6.04 Å². The predicted molar refractivity (Wildman–Crippen MR) is 46.6 cm³/mol. The lowest BCUT2D eigenvalue weighted by molar-refractivity contribution is -0.128. The molecule has 0 aromatic carbocycles. The number of hydrogen-bond donors (Lipinski definition) is 2. The zero-order chi connectivity index (χ0) is 9.14. The Labute approximate surface area is 72.9 Å². The Morgan fingerprint density at radius 3 is 2.75 bits per heavy atom. The molecule has 0 saturated heterocycles. The summed E-state index contributed by atoms with van der Waals surface area (Å²) in [5, 5.41) is 9.46. The van der Waals surface area contributed by atoms with Crippen molar-refractivity contribution in [3.05, 3.63) is 0 Å². The van der Waals surface area contributed by atoms with Crippen molar-refractivity contribution in [3.63, 3.8) is 0 Å². The van der Waals surface area contributed by atoms with Crippen LogP contribution in [0.2, 0.25) is 0 Å². The lowest BCUT2D eigenvalue weighted by atomic mass is 9.82. The van der Waals surface area contributed by atoms with Crippen molar-refractivity contribution in [1.29, 1.82) is 0 Å². The number of Topliss-reactive ketones (excluding diaryl/α,β-unsaturated/α-hetero) is 1. The fourth-order valence-corrected chi connectivity index (χ4v) is 1.89. The number of rotatable bonds is 2. The summed E-state index contributed by atoms with van der Waals surface area (Å²) >= 11 is 0. The van der Waals surface area contributed by atoms with Gasteiger partial charge in [-0.1, -0.05) is 6.42 Å². The highest BCUT2D eigenvalue weighted by molar-refractivity contribution is 5.80. The van der Waals surface area contributed by atoms with Gasteiger partial charge in [0.15, 0.2) is 5.78 Å². The largest absolute Gasteiger partial charge is 0.385 e. The first kappa shape index (κ1) is 9.68. The highest BCUT2D eigenvalue weighted by Gasteiger charge is 2.27. The van der Waals surface area contributed by atoms with E-state index in [1.807, 2.05) is 0 Å². The van der Waals surface area contributed by atoms with E-state index in [1.54, 1.807) is 0 Å². The minimum atomic E-state index is -0.781. The number of aliphatic hydroxyl groups is 1. The Morgan fingerprint density at radius 1 is 1.58 bits per heavy atom. The topological polar surface area (TPSA) is 63.3 Å². The zero-order valence-corrected chi connectivity index (χ0v) is 7.49. The van der Waals surface area contributed by atoms with Crippen molar-refractivity contribution in [2.45, 2.75) is 44.8 Å². The molecule has 1 fully saturated rings. The fourth-order valence-electron chi connectivity index (χ4n) is 1.89. The second-order valence-electron chi connectivity index (χ2n) is 3.74. The van der Waals surface area contributed by atoms with E-state index in [1.165, 1.54) is 6.92 Å². The van der Waals surface area contributed by atoms with Crippen molar-refractivity contribution in [1.82, 2.24) is 0 Å². The summed E-state index contributed by atoms with van der Waals surface area (Å²) in [6.45, 7) is 1.44. The summed E-state index contributed by atoms with van der Waals surface area (Å²) in [6, 6.07) is 0.178. The third-order valence-corrected chi connectivity index (χ3v) is 2.62. The lowest BCUT2D eigenvalue weighted by Gasteiger charge is -2.28. The molecule has 3 nitrogen and oxygen atoms in total. The molecule has 3 atom stereocenters. The molecule has 70 valence electrons. The third-order valence-electron chi connectivity index (χ3n) is 2.62. The van der Waals surface area contributed by atoms with Crippen LogP contribution >= 0.6 is 0 Å². The summed E-state index contributed by atoms with van der Waals surface area (Å²) < 4.78 is 0. The van der Waals surface area contributed by atoms with Gasteiger partial charge in [0.2, 0.25) is 0 Å². The molecule has 0 amide bonds. The molecular weight excluding hydrogens is 154 g/mol. The van der Waals surface area contributed by atoms with Crippen LogP contribution in [-0.2, 0) is 4.79 Å². The molecule has 3 N–H and O–H groups in total. The van der Waals surface area contributed by atoms with E-state index in [2.05, 4.69) is 0 Å². The Kier molecular flexibility index (Phi) is 3.23. The Hall–Kier alpha value is -0.410. The summed E-state index contributed by atoms with van der Waals surface area (Å²) in [4.78, 5) is 10.9. The second kappa shape index (κ2) is 4.01. The predicted octanol–water partition coefficient (Wildman–Crippen LogP) is 0.454. The van der Waals surface area contributed by atoms with Crippen LogP contribution in [0.4, 0.5) is 0 Å². The molecule has 1 saturated carbocycles. The highest BCUT2D eigenvalue weighted by atomic mass is 16.3. The number of nitrogens with two attached hydrogens (primary N) is 1. The normalized spacial score (nSPS) is 32.9.